The number of hydrogen-bond donors (Lipinski definition) is 1. The van der Waals surface area contributed by atoms with Gasteiger partial charge in [-0.2, -0.15) is 13.2 Å². The molecule has 0 spiro atoms. The summed E-state index contributed by atoms with van der Waals surface area (Å²) >= 11 is 3.04. The number of carbonyl (C=O) groups excluding carboxylic acids is 1. The largest absolute Gasteiger partial charge is 0.393 e. The van der Waals surface area contributed by atoms with Crippen molar-refractivity contribution in [3.8, 4) is 0 Å². The van der Waals surface area contributed by atoms with Crippen LogP contribution in [0.3, 0.4) is 0 Å². The van der Waals surface area contributed by atoms with Crippen molar-refractivity contribution in [1.82, 2.24) is 5.32 Å². The van der Waals surface area contributed by atoms with E-state index in [0.717, 1.165) is 12.1 Å². The number of amides is 1. The fourth-order valence-corrected chi connectivity index (χ4v) is 3.15. The van der Waals surface area contributed by atoms with E-state index in [4.69, 9.17) is 0 Å². The van der Waals surface area contributed by atoms with E-state index in [2.05, 4.69) is 21.2 Å². The van der Waals surface area contributed by atoms with E-state index < -0.39 is 29.9 Å². The Bertz CT molecular complexity index is 532. The summed E-state index contributed by atoms with van der Waals surface area (Å²) in [4.78, 5) is 12.1. The normalized spacial score (nSPS) is 22.9. The van der Waals surface area contributed by atoms with Crippen molar-refractivity contribution < 1.29 is 22.4 Å². The third-order valence-electron chi connectivity index (χ3n) is 3.68. The highest BCUT2D eigenvalue weighted by Gasteiger charge is 2.46. The molecule has 0 saturated heterocycles. The lowest BCUT2D eigenvalue weighted by Gasteiger charge is -2.33. The van der Waals surface area contributed by atoms with E-state index in [1.165, 1.54) is 6.07 Å². The SMILES string of the molecule is O=C(N[C@H]1CCCC[C@H]1C(F)(F)F)c1ccc(F)cc1Br. The van der Waals surface area contributed by atoms with Crippen LogP contribution >= 0.6 is 15.9 Å². The molecule has 1 aromatic carbocycles. The molecule has 1 fully saturated rings. The minimum Gasteiger partial charge on any atom is -0.349 e. The van der Waals surface area contributed by atoms with Crippen LogP contribution in [0.1, 0.15) is 36.0 Å². The molecular weight excluding hydrogens is 354 g/mol. The van der Waals surface area contributed by atoms with E-state index in [1.807, 2.05) is 0 Å². The number of halogens is 5. The second-order valence-corrected chi connectivity index (χ2v) is 5.99. The molecule has 0 heterocycles. The second-order valence-electron chi connectivity index (χ2n) is 5.14. The molecule has 0 unspecified atom stereocenters. The molecule has 1 aliphatic rings. The van der Waals surface area contributed by atoms with Gasteiger partial charge in [0.1, 0.15) is 5.82 Å². The lowest BCUT2D eigenvalue weighted by molar-refractivity contribution is -0.187. The summed E-state index contributed by atoms with van der Waals surface area (Å²) in [5, 5.41) is 2.44. The predicted molar refractivity (Wildman–Crippen MR) is 73.4 cm³/mol. The van der Waals surface area contributed by atoms with Crippen LogP contribution in [0.4, 0.5) is 17.6 Å². The molecule has 116 valence electrons. The highest BCUT2D eigenvalue weighted by Crippen LogP contribution is 2.37. The smallest absolute Gasteiger partial charge is 0.349 e. The van der Waals surface area contributed by atoms with Crippen LogP contribution in [-0.4, -0.2) is 18.1 Å². The molecule has 2 nitrogen and oxygen atoms in total. The maximum atomic E-state index is 13.0. The van der Waals surface area contributed by atoms with Crippen LogP contribution < -0.4 is 5.32 Å². The Morgan fingerprint density at radius 1 is 1.24 bits per heavy atom. The molecule has 0 bridgehead atoms. The monoisotopic (exact) mass is 367 g/mol. The van der Waals surface area contributed by atoms with Crippen LogP contribution in [0, 0.1) is 11.7 Å². The van der Waals surface area contributed by atoms with Gasteiger partial charge in [0.25, 0.3) is 5.91 Å². The van der Waals surface area contributed by atoms with Gasteiger partial charge in [-0.1, -0.05) is 12.8 Å². The molecule has 2 atom stereocenters. The highest BCUT2D eigenvalue weighted by atomic mass is 79.9. The zero-order valence-electron chi connectivity index (χ0n) is 11.0. The van der Waals surface area contributed by atoms with Gasteiger partial charge in [0.15, 0.2) is 0 Å². The van der Waals surface area contributed by atoms with Crippen molar-refractivity contribution in [3.63, 3.8) is 0 Å². The van der Waals surface area contributed by atoms with Crippen LogP contribution in [0.15, 0.2) is 22.7 Å². The van der Waals surface area contributed by atoms with Crippen LogP contribution in [0.2, 0.25) is 0 Å². The molecule has 2 rings (SSSR count). The number of benzene rings is 1. The number of nitrogens with one attached hydrogen (secondary N) is 1. The third kappa shape index (κ3) is 3.96. The summed E-state index contributed by atoms with van der Waals surface area (Å²) in [5.74, 6) is -2.67. The molecule has 0 aliphatic heterocycles. The van der Waals surface area contributed by atoms with Crippen molar-refractivity contribution in [3.05, 3.63) is 34.1 Å². The number of hydrogen-bond acceptors (Lipinski definition) is 1. The van der Waals surface area contributed by atoms with E-state index in [1.54, 1.807) is 0 Å². The Balaban J connectivity index is 2.13. The molecule has 1 aliphatic carbocycles. The first-order valence-electron chi connectivity index (χ1n) is 6.61. The molecule has 1 amide bonds. The van der Waals surface area contributed by atoms with Gasteiger partial charge in [-0.3, -0.25) is 4.79 Å². The average molecular weight is 368 g/mol. The lowest BCUT2D eigenvalue weighted by Crippen LogP contribution is -2.47. The first kappa shape index (κ1) is 16.3. The van der Waals surface area contributed by atoms with Gasteiger partial charge < -0.3 is 5.32 Å². The molecule has 1 aromatic rings. The van der Waals surface area contributed by atoms with Crippen molar-refractivity contribution >= 4 is 21.8 Å². The highest BCUT2D eigenvalue weighted by molar-refractivity contribution is 9.10. The van der Waals surface area contributed by atoms with Crippen molar-refractivity contribution in [1.29, 1.82) is 0 Å². The van der Waals surface area contributed by atoms with Crippen molar-refractivity contribution in [2.45, 2.75) is 37.9 Å². The fraction of sp³-hybridized carbons (Fsp3) is 0.500. The summed E-state index contributed by atoms with van der Waals surface area (Å²) in [6.07, 6.45) is -2.83. The van der Waals surface area contributed by atoms with Gasteiger partial charge in [-0.15, -0.1) is 0 Å². The molecule has 1 saturated carbocycles. The van der Waals surface area contributed by atoms with Crippen molar-refractivity contribution in [2.75, 3.05) is 0 Å². The summed E-state index contributed by atoms with van der Waals surface area (Å²) in [5.41, 5.74) is 0.128. The Labute approximate surface area is 128 Å². The van der Waals surface area contributed by atoms with Gasteiger partial charge in [-0.25, -0.2) is 4.39 Å². The molecular formula is C14H14BrF4NO. The van der Waals surface area contributed by atoms with Crippen LogP contribution in [-0.2, 0) is 0 Å². The zero-order valence-corrected chi connectivity index (χ0v) is 12.6. The Hall–Kier alpha value is -1.11. The Kier molecular flexibility index (Phi) is 4.91. The lowest BCUT2D eigenvalue weighted by atomic mass is 9.84. The quantitative estimate of drug-likeness (QED) is 0.769. The van der Waals surface area contributed by atoms with E-state index >= 15 is 0 Å². The summed E-state index contributed by atoms with van der Waals surface area (Å²) in [7, 11) is 0. The number of alkyl halides is 3. The van der Waals surface area contributed by atoms with Crippen molar-refractivity contribution in [2.24, 2.45) is 5.92 Å². The van der Waals surface area contributed by atoms with E-state index in [9.17, 15) is 22.4 Å². The van der Waals surface area contributed by atoms with Gasteiger partial charge in [0, 0.05) is 10.5 Å². The number of rotatable bonds is 2. The molecule has 21 heavy (non-hydrogen) atoms. The topological polar surface area (TPSA) is 29.1 Å². The summed E-state index contributed by atoms with van der Waals surface area (Å²) in [6.45, 7) is 0. The molecule has 0 radical (unpaired) electrons. The molecule has 7 heteroatoms. The van der Waals surface area contributed by atoms with Gasteiger partial charge in [-0.05, 0) is 47.0 Å². The third-order valence-corrected chi connectivity index (χ3v) is 4.33. The molecule has 1 N–H and O–H groups in total. The summed E-state index contributed by atoms with van der Waals surface area (Å²) < 4.78 is 52.1. The van der Waals surface area contributed by atoms with Crippen LogP contribution in [0.25, 0.3) is 0 Å². The van der Waals surface area contributed by atoms with Gasteiger partial charge >= 0.3 is 6.18 Å². The van der Waals surface area contributed by atoms with Gasteiger partial charge in [0.2, 0.25) is 0 Å². The van der Waals surface area contributed by atoms with E-state index in [-0.39, 0.29) is 16.5 Å². The predicted octanol–water partition coefficient (Wildman–Crippen LogP) is 4.44. The Morgan fingerprint density at radius 3 is 2.52 bits per heavy atom. The maximum Gasteiger partial charge on any atom is 0.393 e. The van der Waals surface area contributed by atoms with E-state index in [0.29, 0.717) is 19.3 Å². The minimum atomic E-state index is -4.32. The second kappa shape index (κ2) is 6.34. The average Bonchev–Trinajstić information content (AvgIpc) is 2.37. The minimum absolute atomic E-state index is 0.0268. The number of carbonyl (C=O) groups is 1. The fourth-order valence-electron chi connectivity index (χ4n) is 2.62. The zero-order chi connectivity index (χ0) is 15.6. The standard InChI is InChI=1S/C14H14BrF4NO/c15-11-7-8(16)5-6-9(11)13(21)20-12-4-2-1-3-10(12)14(17,18)19/h5-7,10,12H,1-4H2,(H,20,21)/t10-,12+/m1/s1. The first-order valence-corrected chi connectivity index (χ1v) is 7.41. The van der Waals surface area contributed by atoms with Crippen LogP contribution in [0.5, 0.6) is 0 Å². The molecule has 0 aromatic heterocycles. The summed E-state index contributed by atoms with van der Waals surface area (Å²) in [6, 6.07) is 2.53. The van der Waals surface area contributed by atoms with Gasteiger partial charge in [0.05, 0.1) is 11.5 Å². The first-order chi connectivity index (χ1) is 9.79. The maximum absolute atomic E-state index is 13.0. The Morgan fingerprint density at radius 2 is 1.90 bits per heavy atom.